The van der Waals surface area contributed by atoms with Gasteiger partial charge in [-0.2, -0.15) is 4.31 Å². The fraction of sp³-hybridized carbons (Fsp3) is 0.300. The molecule has 29 heavy (non-hydrogen) atoms. The first-order valence-corrected chi connectivity index (χ1v) is 10.4. The summed E-state index contributed by atoms with van der Waals surface area (Å²) in [5.41, 5.74) is 0.913. The number of carbonyl (C=O) groups is 2. The van der Waals surface area contributed by atoms with Crippen LogP contribution in [0.25, 0.3) is 0 Å². The maximum Gasteiger partial charge on any atom is 0.262 e. The number of hydrogen-bond acceptors (Lipinski definition) is 5. The lowest BCUT2D eigenvalue weighted by molar-refractivity contribution is -0.118. The number of hydrogen-bond donors (Lipinski definition) is 2. The number of anilines is 2. The van der Waals surface area contributed by atoms with E-state index in [4.69, 9.17) is 4.74 Å². The van der Waals surface area contributed by atoms with E-state index in [1.54, 1.807) is 38.1 Å². The lowest BCUT2D eigenvalue weighted by atomic mass is 10.3. The molecule has 0 aromatic heterocycles. The molecule has 2 aromatic rings. The van der Waals surface area contributed by atoms with Crippen molar-refractivity contribution >= 4 is 33.2 Å². The van der Waals surface area contributed by atoms with Crippen LogP contribution in [-0.2, 0) is 19.6 Å². The molecule has 0 aliphatic heterocycles. The van der Waals surface area contributed by atoms with Gasteiger partial charge in [0.1, 0.15) is 5.75 Å². The Morgan fingerprint density at radius 2 is 1.66 bits per heavy atom. The number of nitrogens with zero attached hydrogens (tertiary/aromatic N) is 1. The number of carbonyl (C=O) groups excluding carboxylic acids is 2. The van der Waals surface area contributed by atoms with E-state index in [1.807, 2.05) is 0 Å². The van der Waals surface area contributed by atoms with Crippen molar-refractivity contribution in [1.29, 1.82) is 0 Å². The van der Waals surface area contributed by atoms with E-state index in [9.17, 15) is 18.0 Å². The molecule has 0 aliphatic rings. The van der Waals surface area contributed by atoms with Crippen LogP contribution in [-0.4, -0.2) is 44.2 Å². The number of amides is 2. The molecule has 0 spiro atoms. The standard InChI is InChI=1S/C20H25N3O5S/c1-14(2)23(4)29(26,27)17-11-9-16(10-12-17)22-20(25)13-28-19-8-6-5-7-18(19)21-15(3)24/h5-12,14H,13H2,1-4H3,(H,21,24)(H,22,25). The topological polar surface area (TPSA) is 105 Å². The molecule has 8 nitrogen and oxygen atoms in total. The second kappa shape index (κ2) is 9.53. The Kier molecular flexibility index (Phi) is 7.35. The third-order valence-electron chi connectivity index (χ3n) is 4.10. The second-order valence-electron chi connectivity index (χ2n) is 6.65. The van der Waals surface area contributed by atoms with Crippen molar-refractivity contribution in [2.24, 2.45) is 0 Å². The average Bonchev–Trinajstić information content (AvgIpc) is 2.66. The van der Waals surface area contributed by atoms with Crippen molar-refractivity contribution in [2.45, 2.75) is 31.7 Å². The first kappa shape index (κ1) is 22.4. The van der Waals surface area contributed by atoms with Crippen molar-refractivity contribution in [3.05, 3.63) is 48.5 Å². The third-order valence-corrected chi connectivity index (χ3v) is 6.15. The van der Waals surface area contributed by atoms with Gasteiger partial charge in [0, 0.05) is 25.7 Å². The Labute approximate surface area is 170 Å². The van der Waals surface area contributed by atoms with Gasteiger partial charge in [0.25, 0.3) is 5.91 Å². The maximum absolute atomic E-state index is 12.5. The third kappa shape index (κ3) is 6.03. The quantitative estimate of drug-likeness (QED) is 0.684. The van der Waals surface area contributed by atoms with Gasteiger partial charge in [-0.15, -0.1) is 0 Å². The van der Waals surface area contributed by atoms with Gasteiger partial charge in [-0.25, -0.2) is 8.42 Å². The van der Waals surface area contributed by atoms with Gasteiger partial charge in [0.2, 0.25) is 15.9 Å². The Hall–Kier alpha value is -2.91. The monoisotopic (exact) mass is 419 g/mol. The first-order valence-electron chi connectivity index (χ1n) is 8.98. The zero-order valence-corrected chi connectivity index (χ0v) is 17.6. The zero-order valence-electron chi connectivity index (χ0n) is 16.8. The highest BCUT2D eigenvalue weighted by atomic mass is 32.2. The molecule has 0 bridgehead atoms. The number of rotatable bonds is 8. The molecule has 9 heteroatoms. The minimum atomic E-state index is -3.58. The van der Waals surface area contributed by atoms with E-state index in [2.05, 4.69) is 10.6 Å². The molecule has 0 radical (unpaired) electrons. The van der Waals surface area contributed by atoms with Gasteiger partial charge in [-0.1, -0.05) is 12.1 Å². The molecule has 2 aromatic carbocycles. The van der Waals surface area contributed by atoms with Crippen LogP contribution in [0.1, 0.15) is 20.8 Å². The molecule has 0 saturated carbocycles. The smallest absolute Gasteiger partial charge is 0.262 e. The lowest BCUT2D eigenvalue weighted by Crippen LogP contribution is -2.33. The maximum atomic E-state index is 12.5. The molecule has 0 aliphatic carbocycles. The average molecular weight is 420 g/mol. The van der Waals surface area contributed by atoms with Crippen LogP contribution in [0.2, 0.25) is 0 Å². The summed E-state index contributed by atoms with van der Waals surface area (Å²) in [5.74, 6) is -0.294. The summed E-state index contributed by atoms with van der Waals surface area (Å²) >= 11 is 0. The Bertz CT molecular complexity index is 972. The van der Waals surface area contributed by atoms with Crippen LogP contribution in [0.4, 0.5) is 11.4 Å². The van der Waals surface area contributed by atoms with E-state index < -0.39 is 15.9 Å². The van der Waals surface area contributed by atoms with Crippen molar-refractivity contribution < 1.29 is 22.7 Å². The normalized spacial score (nSPS) is 11.4. The number of benzene rings is 2. The van der Waals surface area contributed by atoms with Crippen LogP contribution < -0.4 is 15.4 Å². The van der Waals surface area contributed by atoms with Crippen LogP contribution in [0.5, 0.6) is 5.75 Å². The first-order chi connectivity index (χ1) is 13.6. The summed E-state index contributed by atoms with van der Waals surface area (Å²) in [6, 6.07) is 12.5. The highest BCUT2D eigenvalue weighted by molar-refractivity contribution is 7.89. The zero-order chi connectivity index (χ0) is 21.6. The molecule has 0 unspecified atom stereocenters. The minimum Gasteiger partial charge on any atom is -0.482 e. The van der Waals surface area contributed by atoms with Gasteiger partial charge >= 0.3 is 0 Å². The van der Waals surface area contributed by atoms with Gasteiger partial charge < -0.3 is 15.4 Å². The molecular formula is C20H25N3O5S. The van der Waals surface area contributed by atoms with Crippen molar-refractivity contribution in [3.8, 4) is 5.75 Å². The largest absolute Gasteiger partial charge is 0.482 e. The Morgan fingerprint density at radius 1 is 1.03 bits per heavy atom. The van der Waals surface area contributed by atoms with Gasteiger partial charge in [0.05, 0.1) is 10.6 Å². The Morgan fingerprint density at radius 3 is 2.24 bits per heavy atom. The summed E-state index contributed by atoms with van der Waals surface area (Å²) in [5, 5.41) is 5.27. The number of ether oxygens (including phenoxy) is 1. The predicted octanol–water partition coefficient (Wildman–Crippen LogP) is 2.69. The van der Waals surface area contributed by atoms with E-state index in [-0.39, 0.29) is 23.5 Å². The molecule has 156 valence electrons. The van der Waals surface area contributed by atoms with E-state index >= 15 is 0 Å². The van der Waals surface area contributed by atoms with Crippen molar-refractivity contribution in [1.82, 2.24) is 4.31 Å². The fourth-order valence-corrected chi connectivity index (χ4v) is 3.75. The molecule has 0 atom stereocenters. The van der Waals surface area contributed by atoms with Crippen LogP contribution in [0.3, 0.4) is 0 Å². The van der Waals surface area contributed by atoms with E-state index in [1.165, 1.54) is 42.5 Å². The molecular weight excluding hydrogens is 394 g/mol. The highest BCUT2D eigenvalue weighted by Crippen LogP contribution is 2.24. The van der Waals surface area contributed by atoms with Crippen molar-refractivity contribution in [3.63, 3.8) is 0 Å². The molecule has 0 fully saturated rings. The SMILES string of the molecule is CC(=O)Nc1ccccc1OCC(=O)Nc1ccc(S(=O)(=O)N(C)C(C)C)cc1. The minimum absolute atomic E-state index is 0.146. The van der Waals surface area contributed by atoms with Crippen LogP contribution in [0, 0.1) is 0 Å². The van der Waals surface area contributed by atoms with Crippen LogP contribution in [0.15, 0.2) is 53.4 Å². The summed E-state index contributed by atoms with van der Waals surface area (Å²) in [4.78, 5) is 23.5. The second-order valence-corrected chi connectivity index (χ2v) is 8.65. The highest BCUT2D eigenvalue weighted by Gasteiger charge is 2.22. The fourth-order valence-electron chi connectivity index (χ4n) is 2.38. The summed E-state index contributed by atoms with van der Waals surface area (Å²) in [6.45, 7) is 4.69. The molecule has 0 heterocycles. The van der Waals surface area contributed by atoms with Gasteiger partial charge in [-0.05, 0) is 50.2 Å². The molecule has 2 amide bonds. The summed E-state index contributed by atoms with van der Waals surface area (Å²) < 4.78 is 31.7. The van der Waals surface area contributed by atoms with Gasteiger partial charge in [0.15, 0.2) is 6.61 Å². The summed E-state index contributed by atoms with van der Waals surface area (Å²) in [7, 11) is -2.06. The number of nitrogens with one attached hydrogen (secondary N) is 2. The van der Waals surface area contributed by atoms with E-state index in [0.717, 1.165) is 0 Å². The molecule has 0 saturated heterocycles. The van der Waals surface area contributed by atoms with Crippen LogP contribution >= 0.6 is 0 Å². The number of para-hydroxylation sites is 2. The van der Waals surface area contributed by atoms with E-state index in [0.29, 0.717) is 17.1 Å². The molecule has 2 rings (SSSR count). The van der Waals surface area contributed by atoms with Gasteiger partial charge in [-0.3, -0.25) is 9.59 Å². The summed E-state index contributed by atoms with van der Waals surface area (Å²) in [6.07, 6.45) is 0. The number of sulfonamides is 1. The Balaban J connectivity index is 1.99. The predicted molar refractivity (Wildman–Crippen MR) is 111 cm³/mol. The lowest BCUT2D eigenvalue weighted by Gasteiger charge is -2.21. The van der Waals surface area contributed by atoms with Crippen molar-refractivity contribution in [2.75, 3.05) is 24.3 Å². The molecule has 2 N–H and O–H groups in total.